The van der Waals surface area contributed by atoms with E-state index in [0.717, 1.165) is 22.2 Å². The Labute approximate surface area is 481 Å². The smallest absolute Gasteiger partial charge is 0.391 e. The summed E-state index contributed by atoms with van der Waals surface area (Å²) in [7, 11) is 1.97. The first-order valence-electron chi connectivity index (χ1n) is 27.5. The molecular formula is C59H69F5N10O8S. The summed E-state index contributed by atoms with van der Waals surface area (Å²) in [6.45, 7) is 12.1. The van der Waals surface area contributed by atoms with E-state index in [4.69, 9.17) is 0 Å². The first-order chi connectivity index (χ1) is 39.1. The second kappa shape index (κ2) is 25.1. The van der Waals surface area contributed by atoms with Gasteiger partial charge >= 0.3 is 6.18 Å². The van der Waals surface area contributed by atoms with Crippen LogP contribution in [0.1, 0.15) is 117 Å². The van der Waals surface area contributed by atoms with Gasteiger partial charge in [0.2, 0.25) is 23.3 Å². The summed E-state index contributed by atoms with van der Waals surface area (Å²) in [5, 5.41) is 24.5. The number of β-amino-alcohol motifs (C(OH)–C–C–N with tert-alkyl or cyclic N) is 1. The minimum Gasteiger partial charge on any atom is -0.391 e. The fraction of sp³-hybridized carbons (Fsp3) is 0.458. The quantitative estimate of drug-likeness (QED) is 0.0320. The number of amides is 6. The molecule has 1 saturated carbocycles. The van der Waals surface area contributed by atoms with Crippen LogP contribution in [0.15, 0.2) is 83.2 Å². The van der Waals surface area contributed by atoms with Crippen molar-refractivity contribution < 1.29 is 55.8 Å². The lowest BCUT2D eigenvalue weighted by atomic mass is 9.85. The van der Waals surface area contributed by atoms with Crippen LogP contribution in [0.25, 0.3) is 21.6 Å². The van der Waals surface area contributed by atoms with Crippen molar-refractivity contribution in [3.63, 3.8) is 0 Å². The molecule has 2 aromatic heterocycles. The molecule has 2 aliphatic heterocycles. The predicted octanol–water partition coefficient (Wildman–Crippen LogP) is 7.28. The van der Waals surface area contributed by atoms with Crippen LogP contribution in [0.5, 0.6) is 0 Å². The second-order valence-corrected chi connectivity index (χ2v) is 23.7. The molecule has 5 aromatic rings. The highest BCUT2D eigenvalue weighted by Crippen LogP contribution is 2.41. The Kier molecular flexibility index (Phi) is 18.6. The van der Waals surface area contributed by atoms with Crippen LogP contribution in [-0.4, -0.2) is 136 Å². The molecule has 3 fully saturated rings. The van der Waals surface area contributed by atoms with Crippen LogP contribution in [0.4, 0.5) is 33.3 Å². The average Bonchev–Trinajstić information content (AvgIpc) is 3.66. The first kappa shape index (κ1) is 61.5. The normalized spacial score (nSPS) is 19.6. The Morgan fingerprint density at radius 1 is 0.867 bits per heavy atom. The number of carbonyl (C=O) groups is 6. The Bertz CT molecular complexity index is 3300. The molecule has 2 saturated heterocycles. The number of aliphatic hydroxyl groups excluding tert-OH is 1. The van der Waals surface area contributed by atoms with E-state index in [1.807, 2.05) is 44.9 Å². The molecule has 3 aromatic carbocycles. The van der Waals surface area contributed by atoms with Gasteiger partial charge in [-0.05, 0) is 106 Å². The van der Waals surface area contributed by atoms with Gasteiger partial charge in [-0.3, -0.25) is 38.5 Å². The maximum Gasteiger partial charge on any atom is 0.417 e. The van der Waals surface area contributed by atoms with Gasteiger partial charge in [0.05, 0.1) is 57.1 Å². The minimum atomic E-state index is -5.03. The van der Waals surface area contributed by atoms with E-state index in [0.29, 0.717) is 49.4 Å². The molecule has 83 heavy (non-hydrogen) atoms. The van der Waals surface area contributed by atoms with Crippen molar-refractivity contribution in [3.05, 3.63) is 123 Å². The number of hydrogen-bond acceptors (Lipinski definition) is 12. The standard InChI is InChI=1S/C59H69F5N10O8S/c1-32-28-73(29-33(2)72(32)7)46-17-15-37(23-45(46)70-53(79)41-27-67-48(76)25-42(41)59(62,63)64)40-22-38(14-16-43(40)60)52(78)66-21-9-8-20-65-49(77)26-44(35-10-12-36(13-11-35)50-34(3)68-31-83-50)69-54(80)47-24-39(75)30-74(47)55(81)51(57(4,5)6)71-56(82)58(61)18-19-58/h10-17,22-23,25,27,31-33,39,44,47,51,75H,8-9,18-21,24,26,28-30H2,1-7H3,(H,65,77)(H,66,78)(H,67,76)(H,69,80)(H,70,79)(H,71,82)/t32-,33+,39-,44+,47+,51-/m1/s1. The largest absolute Gasteiger partial charge is 0.417 e. The number of carbonyl (C=O) groups excluding carboxylic acids is 6. The minimum absolute atomic E-state index is 0.0323. The zero-order valence-corrected chi connectivity index (χ0v) is 48.0. The SMILES string of the molecule is Cc1ncsc1-c1ccc([C@H](CC(=O)NCCCCNC(=O)c2ccc(F)c(-c3ccc(N4C[C@@H](C)N(C)[C@@H](C)C4)c(NC(=O)c4c[nH]c(=O)cc4C(F)(F)F)c3)c2)NC(=O)[C@@H]2C[C@@H](O)CN2C(=O)[C@@H](NC(=O)C2(F)CC2)C(C)(C)C)cc1. The number of nitrogens with zero attached hydrogens (tertiary/aromatic N) is 4. The number of aliphatic hydroxyl groups is 1. The Hall–Kier alpha value is -7.57. The molecule has 444 valence electrons. The Morgan fingerprint density at radius 2 is 1.53 bits per heavy atom. The first-order valence-corrected chi connectivity index (χ1v) is 28.4. The zero-order valence-electron chi connectivity index (χ0n) is 47.1. The van der Waals surface area contributed by atoms with Gasteiger partial charge < -0.3 is 46.5 Å². The molecule has 24 heteroatoms. The lowest BCUT2D eigenvalue weighted by Crippen LogP contribution is -2.59. The number of aromatic nitrogens is 2. The number of benzene rings is 3. The maximum atomic E-state index is 15.7. The van der Waals surface area contributed by atoms with E-state index in [2.05, 4.69) is 41.5 Å². The molecular weight excluding hydrogens is 1100 g/mol. The van der Waals surface area contributed by atoms with Crippen molar-refractivity contribution in [1.82, 2.24) is 41.0 Å². The van der Waals surface area contributed by atoms with Gasteiger partial charge in [0.15, 0.2) is 5.67 Å². The molecule has 0 unspecified atom stereocenters. The number of thiazole rings is 1. The van der Waals surface area contributed by atoms with E-state index >= 15 is 4.39 Å². The van der Waals surface area contributed by atoms with Crippen molar-refractivity contribution in [3.8, 4) is 21.6 Å². The van der Waals surface area contributed by atoms with Gasteiger partial charge in [0.25, 0.3) is 17.7 Å². The van der Waals surface area contributed by atoms with Crippen LogP contribution in [0.2, 0.25) is 0 Å². The van der Waals surface area contributed by atoms with Gasteiger partial charge in [-0.2, -0.15) is 13.2 Å². The number of likely N-dealkylation sites (tertiary alicyclic amines) is 1. The predicted molar refractivity (Wildman–Crippen MR) is 304 cm³/mol. The van der Waals surface area contributed by atoms with Gasteiger partial charge in [-0.1, -0.05) is 51.1 Å². The van der Waals surface area contributed by atoms with Crippen LogP contribution in [-0.2, 0) is 25.4 Å². The second-order valence-electron chi connectivity index (χ2n) is 22.9. The van der Waals surface area contributed by atoms with Crippen molar-refractivity contribution in [1.29, 1.82) is 0 Å². The highest BCUT2D eigenvalue weighted by atomic mass is 32.1. The number of anilines is 2. The Balaban J connectivity index is 0.909. The summed E-state index contributed by atoms with van der Waals surface area (Å²) in [4.78, 5) is 107. The van der Waals surface area contributed by atoms with Gasteiger partial charge in [-0.15, -0.1) is 11.3 Å². The lowest BCUT2D eigenvalue weighted by Gasteiger charge is -2.44. The van der Waals surface area contributed by atoms with Crippen molar-refractivity contribution in [2.24, 2.45) is 5.41 Å². The van der Waals surface area contributed by atoms with Crippen LogP contribution in [0, 0.1) is 18.2 Å². The van der Waals surface area contributed by atoms with Crippen LogP contribution in [0.3, 0.4) is 0 Å². The number of pyridine rings is 1. The number of nitrogens with one attached hydrogen (secondary N) is 6. The van der Waals surface area contributed by atoms with E-state index < -0.39 is 99.4 Å². The number of likely N-dealkylation sites (N-methyl/N-ethyl adjacent to an activating group) is 1. The third kappa shape index (κ3) is 14.6. The molecule has 4 heterocycles. The summed E-state index contributed by atoms with van der Waals surface area (Å²) in [6.07, 6.45) is -4.89. The van der Waals surface area contributed by atoms with E-state index in [-0.39, 0.29) is 79.8 Å². The molecule has 0 spiro atoms. The molecule has 18 nitrogen and oxygen atoms in total. The summed E-state index contributed by atoms with van der Waals surface area (Å²) in [5.41, 5.74) is -1.47. The van der Waals surface area contributed by atoms with Gasteiger partial charge in [-0.25, -0.2) is 13.8 Å². The highest BCUT2D eigenvalue weighted by molar-refractivity contribution is 7.13. The molecule has 6 atom stereocenters. The van der Waals surface area contributed by atoms with Crippen LogP contribution < -0.4 is 37.0 Å². The third-order valence-electron chi connectivity index (χ3n) is 15.5. The number of unbranched alkanes of at least 4 members (excludes halogenated alkanes) is 1. The number of piperazine rings is 1. The van der Waals surface area contributed by atoms with Crippen molar-refractivity contribution >= 4 is 58.2 Å². The van der Waals surface area contributed by atoms with Gasteiger partial charge in [0.1, 0.15) is 17.9 Å². The number of halogens is 5. The van der Waals surface area contributed by atoms with E-state index in [9.17, 15) is 56.2 Å². The van der Waals surface area contributed by atoms with E-state index in [1.165, 1.54) is 34.4 Å². The van der Waals surface area contributed by atoms with Crippen molar-refractivity contribution in [2.75, 3.05) is 50.0 Å². The lowest BCUT2D eigenvalue weighted by molar-refractivity contribution is -0.145. The molecule has 1 aliphatic carbocycles. The summed E-state index contributed by atoms with van der Waals surface area (Å²) in [5.74, 6) is -5.07. The number of aryl methyl sites for hydroxylation is 1. The molecule has 7 N–H and O–H groups in total. The van der Waals surface area contributed by atoms with Crippen molar-refractivity contribution in [2.45, 2.75) is 128 Å². The Morgan fingerprint density at radius 3 is 2.16 bits per heavy atom. The number of aromatic amines is 1. The maximum absolute atomic E-state index is 15.7. The number of alkyl halides is 4. The van der Waals surface area contributed by atoms with E-state index in [1.54, 1.807) is 50.5 Å². The molecule has 0 bridgehead atoms. The number of rotatable bonds is 19. The highest BCUT2D eigenvalue weighted by Gasteiger charge is 2.53. The number of H-pyrrole nitrogens is 1. The number of hydrogen-bond donors (Lipinski definition) is 7. The third-order valence-corrected chi connectivity index (χ3v) is 16.5. The molecule has 8 rings (SSSR count). The average molecular weight is 1170 g/mol. The summed E-state index contributed by atoms with van der Waals surface area (Å²) in [6, 6.07) is 12.7. The fourth-order valence-corrected chi connectivity index (χ4v) is 11.2. The zero-order chi connectivity index (χ0) is 60.3. The molecule has 6 amide bonds. The molecule has 0 radical (unpaired) electrons. The van der Waals surface area contributed by atoms with Crippen LogP contribution >= 0.6 is 11.3 Å². The van der Waals surface area contributed by atoms with Gasteiger partial charge in [0, 0.05) is 74.6 Å². The monoisotopic (exact) mass is 1170 g/mol. The topological polar surface area (TPSA) is 238 Å². The summed E-state index contributed by atoms with van der Waals surface area (Å²) < 4.78 is 72.7. The molecule has 3 aliphatic rings. The fourth-order valence-electron chi connectivity index (χ4n) is 10.4. The summed E-state index contributed by atoms with van der Waals surface area (Å²) >= 11 is 1.46.